The van der Waals surface area contributed by atoms with Gasteiger partial charge in [0.05, 0.1) is 6.67 Å². The van der Waals surface area contributed by atoms with Crippen molar-refractivity contribution in [3.63, 3.8) is 0 Å². The summed E-state index contributed by atoms with van der Waals surface area (Å²) in [6, 6.07) is 10.4. The maximum absolute atomic E-state index is 12.8. The molecule has 1 aromatic carbocycles. The van der Waals surface area contributed by atoms with Gasteiger partial charge in [0.25, 0.3) is 5.91 Å². The highest BCUT2D eigenvalue weighted by atomic mass is 32.2. The number of benzene rings is 1. The van der Waals surface area contributed by atoms with Crippen LogP contribution in [-0.2, 0) is 6.54 Å². The van der Waals surface area contributed by atoms with Crippen LogP contribution >= 0.6 is 11.8 Å². The second-order valence-electron chi connectivity index (χ2n) is 9.29. The molecule has 0 radical (unpaired) electrons. The third-order valence-corrected chi connectivity index (χ3v) is 7.01. The molecule has 33 heavy (non-hydrogen) atoms. The molecule has 0 N–H and O–H groups in total. The molecule has 0 atom stereocenters. The number of alkyl halides is 3. The lowest BCUT2D eigenvalue weighted by molar-refractivity contribution is -0.0328. The van der Waals surface area contributed by atoms with Gasteiger partial charge in [-0.1, -0.05) is 0 Å². The minimum Gasteiger partial charge on any atom is -0.357 e. The monoisotopic (exact) mass is 478 g/mol. The Balaban J connectivity index is 1.43. The van der Waals surface area contributed by atoms with Crippen molar-refractivity contribution in [1.82, 2.24) is 14.8 Å². The summed E-state index contributed by atoms with van der Waals surface area (Å²) in [4.78, 5) is 23.7. The van der Waals surface area contributed by atoms with Gasteiger partial charge in [-0.2, -0.15) is 13.2 Å². The van der Waals surface area contributed by atoms with Gasteiger partial charge in [-0.05, 0) is 86.8 Å². The fourth-order valence-corrected chi connectivity index (χ4v) is 5.02. The molecule has 9 heteroatoms. The summed E-state index contributed by atoms with van der Waals surface area (Å²) in [6.45, 7) is 7.95. The molecule has 2 aromatic rings. The highest BCUT2D eigenvalue weighted by molar-refractivity contribution is 8.00. The van der Waals surface area contributed by atoms with E-state index in [1.165, 1.54) is 18.6 Å². The van der Waals surface area contributed by atoms with Crippen molar-refractivity contribution in [3.8, 4) is 0 Å². The highest BCUT2D eigenvalue weighted by Crippen LogP contribution is 2.38. The topological polar surface area (TPSA) is 39.7 Å². The number of piperidine rings is 1. The number of hydrogen-bond donors (Lipinski definition) is 0. The molecule has 0 unspecified atom stereocenters. The first-order chi connectivity index (χ1) is 15.6. The molecule has 5 nitrogen and oxygen atoms in total. The first kappa shape index (κ1) is 23.9. The number of hydrogen-bond acceptors (Lipinski definition) is 5. The van der Waals surface area contributed by atoms with Gasteiger partial charge in [0.15, 0.2) is 0 Å². The number of nitrogens with zero attached hydrogens (tertiary/aromatic N) is 4. The molecule has 0 bridgehead atoms. The van der Waals surface area contributed by atoms with E-state index in [4.69, 9.17) is 0 Å². The number of carbonyl (C=O) groups is 1. The van der Waals surface area contributed by atoms with E-state index in [0.717, 1.165) is 43.7 Å². The van der Waals surface area contributed by atoms with Gasteiger partial charge in [0, 0.05) is 48.5 Å². The zero-order valence-electron chi connectivity index (χ0n) is 18.9. The Labute approximate surface area is 197 Å². The Hall–Kier alpha value is -2.26. The summed E-state index contributed by atoms with van der Waals surface area (Å²) in [6.07, 6.45) is 4.95. The quantitative estimate of drug-likeness (QED) is 0.540. The molecule has 3 heterocycles. The number of thioether (sulfide) groups is 1. The van der Waals surface area contributed by atoms with Crippen LogP contribution in [0.1, 0.15) is 49.2 Å². The largest absolute Gasteiger partial charge is 0.446 e. The van der Waals surface area contributed by atoms with E-state index in [9.17, 15) is 18.0 Å². The first-order valence-electron chi connectivity index (χ1n) is 11.2. The SMILES string of the molecule is CC1(C)CN(c2ccc(SC(F)(F)F)cc2)CN1Cc1ccnc(C(=O)N2CCCCC2)c1. The second-order valence-corrected chi connectivity index (χ2v) is 10.4. The minimum atomic E-state index is -4.28. The summed E-state index contributed by atoms with van der Waals surface area (Å²) < 4.78 is 37.8. The first-order valence-corrected chi connectivity index (χ1v) is 12.0. The lowest BCUT2D eigenvalue weighted by Crippen LogP contribution is -2.39. The molecule has 1 aromatic heterocycles. The van der Waals surface area contributed by atoms with E-state index in [2.05, 4.69) is 28.6 Å². The van der Waals surface area contributed by atoms with Gasteiger partial charge in [-0.3, -0.25) is 14.7 Å². The number of halogens is 3. The van der Waals surface area contributed by atoms with E-state index in [1.54, 1.807) is 18.3 Å². The third kappa shape index (κ3) is 6.00. The highest BCUT2D eigenvalue weighted by Gasteiger charge is 2.37. The predicted molar refractivity (Wildman–Crippen MR) is 124 cm³/mol. The maximum atomic E-state index is 12.8. The number of carbonyl (C=O) groups excluding carboxylic acids is 1. The Kier molecular flexibility index (Phi) is 6.91. The van der Waals surface area contributed by atoms with Gasteiger partial charge in [0.1, 0.15) is 5.69 Å². The molecule has 0 saturated carbocycles. The molecule has 0 aliphatic carbocycles. The van der Waals surface area contributed by atoms with Crippen LogP contribution in [0.25, 0.3) is 0 Å². The van der Waals surface area contributed by atoms with Crippen molar-refractivity contribution < 1.29 is 18.0 Å². The summed E-state index contributed by atoms with van der Waals surface area (Å²) in [5.74, 6) is -0.00400. The Morgan fingerprint density at radius 3 is 2.45 bits per heavy atom. The zero-order valence-corrected chi connectivity index (χ0v) is 19.8. The van der Waals surface area contributed by atoms with Gasteiger partial charge in [-0.25, -0.2) is 0 Å². The number of rotatable bonds is 5. The fourth-order valence-electron chi connectivity index (χ4n) is 4.48. The lowest BCUT2D eigenvalue weighted by atomic mass is 10.0. The standard InChI is InChI=1S/C24H29F3N4OS/c1-23(2)16-30(19-6-8-20(9-7-19)33-24(25,26)27)17-31(23)15-18-10-11-28-21(14-18)22(32)29-12-4-3-5-13-29/h6-11,14H,3-5,12-13,15-17H2,1-2H3. The van der Waals surface area contributed by atoms with Crippen molar-refractivity contribution in [1.29, 1.82) is 0 Å². The second kappa shape index (κ2) is 9.54. The fraction of sp³-hybridized carbons (Fsp3) is 0.500. The number of anilines is 1. The van der Waals surface area contributed by atoms with Crippen LogP contribution in [0.3, 0.4) is 0 Å². The van der Waals surface area contributed by atoms with E-state index in [1.807, 2.05) is 17.0 Å². The number of aromatic nitrogens is 1. The van der Waals surface area contributed by atoms with Gasteiger partial charge in [0.2, 0.25) is 0 Å². The van der Waals surface area contributed by atoms with Gasteiger partial charge >= 0.3 is 5.51 Å². The molecule has 1 amide bonds. The van der Waals surface area contributed by atoms with Gasteiger partial charge < -0.3 is 9.80 Å². The van der Waals surface area contributed by atoms with E-state index in [-0.39, 0.29) is 28.1 Å². The Bertz CT molecular complexity index is 974. The number of likely N-dealkylation sites (tertiary alicyclic amines) is 1. The summed E-state index contributed by atoms with van der Waals surface area (Å²) in [7, 11) is 0. The number of amides is 1. The van der Waals surface area contributed by atoms with E-state index < -0.39 is 5.51 Å². The van der Waals surface area contributed by atoms with Crippen molar-refractivity contribution in [2.45, 2.75) is 55.6 Å². The van der Waals surface area contributed by atoms with Gasteiger partial charge in [-0.15, -0.1) is 0 Å². The molecule has 178 valence electrons. The third-order valence-electron chi connectivity index (χ3n) is 6.27. The average molecular weight is 479 g/mol. The van der Waals surface area contributed by atoms with Crippen LogP contribution in [0.2, 0.25) is 0 Å². The smallest absolute Gasteiger partial charge is 0.357 e. The van der Waals surface area contributed by atoms with Crippen LogP contribution < -0.4 is 4.90 Å². The Morgan fingerprint density at radius 1 is 1.09 bits per heavy atom. The molecule has 2 aliphatic heterocycles. The molecule has 2 fully saturated rings. The Morgan fingerprint density at radius 2 is 1.79 bits per heavy atom. The minimum absolute atomic E-state index is 0.00400. The van der Waals surface area contributed by atoms with Crippen molar-refractivity contribution in [2.75, 3.05) is 31.2 Å². The molecular formula is C24H29F3N4OS. The van der Waals surface area contributed by atoms with Crippen LogP contribution in [0.15, 0.2) is 47.5 Å². The lowest BCUT2D eigenvalue weighted by Gasteiger charge is -2.30. The zero-order chi connectivity index (χ0) is 23.6. The van der Waals surface area contributed by atoms with Crippen LogP contribution in [0.5, 0.6) is 0 Å². The van der Waals surface area contributed by atoms with Crippen molar-refractivity contribution in [3.05, 3.63) is 53.9 Å². The average Bonchev–Trinajstić information content (AvgIpc) is 3.07. The summed E-state index contributed by atoms with van der Waals surface area (Å²) >= 11 is -0.0979. The van der Waals surface area contributed by atoms with Crippen molar-refractivity contribution in [2.24, 2.45) is 0 Å². The van der Waals surface area contributed by atoms with Crippen LogP contribution in [0, 0.1) is 0 Å². The summed E-state index contributed by atoms with van der Waals surface area (Å²) in [5.41, 5.74) is -2.02. The molecule has 2 aliphatic rings. The summed E-state index contributed by atoms with van der Waals surface area (Å²) in [5, 5.41) is 0. The van der Waals surface area contributed by atoms with E-state index in [0.29, 0.717) is 18.9 Å². The maximum Gasteiger partial charge on any atom is 0.446 e. The normalized spacial score (nSPS) is 19.2. The number of pyridine rings is 1. The predicted octanol–water partition coefficient (Wildman–Crippen LogP) is 5.38. The molecule has 0 spiro atoms. The molecule has 2 saturated heterocycles. The van der Waals surface area contributed by atoms with E-state index >= 15 is 0 Å². The van der Waals surface area contributed by atoms with Crippen molar-refractivity contribution >= 4 is 23.4 Å². The van der Waals surface area contributed by atoms with Crippen LogP contribution in [0.4, 0.5) is 18.9 Å². The van der Waals surface area contributed by atoms with Crippen LogP contribution in [-0.4, -0.2) is 58.0 Å². The molecular weight excluding hydrogens is 449 g/mol. The molecule has 4 rings (SSSR count).